The molecular weight excluding hydrogens is 271 g/mol. The summed E-state index contributed by atoms with van der Waals surface area (Å²) in [6, 6.07) is 6.46. The Labute approximate surface area is 125 Å². The van der Waals surface area contributed by atoms with E-state index in [1.54, 1.807) is 19.2 Å². The first-order chi connectivity index (χ1) is 10.2. The van der Waals surface area contributed by atoms with Gasteiger partial charge in [-0.15, -0.1) is 0 Å². The summed E-state index contributed by atoms with van der Waals surface area (Å²) < 4.78 is 18.3. The van der Waals surface area contributed by atoms with Crippen LogP contribution in [0.5, 0.6) is 0 Å². The molecule has 1 aromatic carbocycles. The third-order valence-corrected chi connectivity index (χ3v) is 4.08. The molecule has 2 atom stereocenters. The molecule has 0 bridgehead atoms. The zero-order chi connectivity index (χ0) is 15.2. The third kappa shape index (κ3) is 4.02. The van der Waals surface area contributed by atoms with Crippen molar-refractivity contribution < 1.29 is 13.9 Å². The molecule has 21 heavy (non-hydrogen) atoms. The standard InChI is InChI=1S/C16H23FN2O2/c1-21-14(11-18)10-16(20)19-9-3-2-4-15(19)12-5-7-13(17)8-6-12/h5-8,14-15H,2-4,9-11,18H2,1H3. The lowest BCUT2D eigenvalue weighted by molar-refractivity contribution is -0.137. The van der Waals surface area contributed by atoms with Gasteiger partial charge < -0.3 is 15.4 Å². The van der Waals surface area contributed by atoms with Crippen LogP contribution in [0, 0.1) is 5.82 Å². The lowest BCUT2D eigenvalue weighted by Crippen LogP contribution is -2.41. The summed E-state index contributed by atoms with van der Waals surface area (Å²) in [5.74, 6) is -0.198. The minimum atomic E-state index is -0.255. The van der Waals surface area contributed by atoms with Gasteiger partial charge in [0.1, 0.15) is 5.82 Å². The highest BCUT2D eigenvalue weighted by Crippen LogP contribution is 2.31. The van der Waals surface area contributed by atoms with Crippen molar-refractivity contribution in [1.29, 1.82) is 0 Å². The Morgan fingerprint density at radius 2 is 2.14 bits per heavy atom. The third-order valence-electron chi connectivity index (χ3n) is 4.08. The van der Waals surface area contributed by atoms with Crippen LogP contribution >= 0.6 is 0 Å². The summed E-state index contributed by atoms with van der Waals surface area (Å²) in [4.78, 5) is 14.4. The van der Waals surface area contributed by atoms with Crippen LogP contribution in [0.15, 0.2) is 24.3 Å². The van der Waals surface area contributed by atoms with E-state index in [-0.39, 0.29) is 23.9 Å². The molecule has 1 fully saturated rings. The van der Waals surface area contributed by atoms with Crippen molar-refractivity contribution in [2.24, 2.45) is 5.73 Å². The van der Waals surface area contributed by atoms with Gasteiger partial charge in [-0.25, -0.2) is 4.39 Å². The number of ether oxygens (including phenoxy) is 1. The van der Waals surface area contributed by atoms with E-state index in [1.165, 1.54) is 12.1 Å². The molecule has 1 amide bonds. The van der Waals surface area contributed by atoms with Crippen LogP contribution in [0.25, 0.3) is 0 Å². The van der Waals surface area contributed by atoms with Crippen molar-refractivity contribution in [3.05, 3.63) is 35.6 Å². The van der Waals surface area contributed by atoms with Gasteiger partial charge in [-0.1, -0.05) is 12.1 Å². The molecule has 0 aromatic heterocycles. The van der Waals surface area contributed by atoms with Crippen LogP contribution in [-0.4, -0.2) is 37.1 Å². The van der Waals surface area contributed by atoms with Crippen molar-refractivity contribution in [1.82, 2.24) is 4.90 Å². The van der Waals surface area contributed by atoms with Gasteiger partial charge in [0.15, 0.2) is 0 Å². The molecule has 4 nitrogen and oxygen atoms in total. The quantitative estimate of drug-likeness (QED) is 0.906. The number of carbonyl (C=O) groups excluding carboxylic acids is 1. The number of nitrogens with two attached hydrogens (primary N) is 1. The number of carbonyl (C=O) groups is 1. The fourth-order valence-corrected chi connectivity index (χ4v) is 2.84. The number of hydrogen-bond donors (Lipinski definition) is 1. The maximum absolute atomic E-state index is 13.1. The molecule has 5 heteroatoms. The van der Waals surface area contributed by atoms with Gasteiger partial charge in [0.05, 0.1) is 18.6 Å². The van der Waals surface area contributed by atoms with Gasteiger partial charge in [0.25, 0.3) is 0 Å². The molecule has 2 N–H and O–H groups in total. The Hall–Kier alpha value is -1.46. The summed E-state index contributed by atoms with van der Waals surface area (Å²) in [6.07, 6.45) is 3.05. The Bertz CT molecular complexity index is 460. The van der Waals surface area contributed by atoms with Crippen LogP contribution in [0.4, 0.5) is 4.39 Å². The highest BCUT2D eigenvalue weighted by atomic mass is 19.1. The summed E-state index contributed by atoms with van der Waals surface area (Å²) in [5.41, 5.74) is 6.58. The van der Waals surface area contributed by atoms with Crippen LogP contribution in [0.1, 0.15) is 37.3 Å². The van der Waals surface area contributed by atoms with Crippen LogP contribution in [-0.2, 0) is 9.53 Å². The van der Waals surface area contributed by atoms with Crippen molar-refractivity contribution >= 4 is 5.91 Å². The Morgan fingerprint density at radius 1 is 1.43 bits per heavy atom. The Morgan fingerprint density at radius 3 is 2.76 bits per heavy atom. The van der Waals surface area contributed by atoms with Gasteiger partial charge in [0, 0.05) is 20.2 Å². The van der Waals surface area contributed by atoms with Crippen LogP contribution in [0.2, 0.25) is 0 Å². The zero-order valence-electron chi connectivity index (χ0n) is 12.4. The molecule has 0 saturated carbocycles. The summed E-state index contributed by atoms with van der Waals surface area (Å²) in [6.45, 7) is 1.07. The molecule has 0 radical (unpaired) electrons. The Balaban J connectivity index is 2.11. The Kier molecular flexibility index (Phi) is 5.70. The van der Waals surface area contributed by atoms with Crippen molar-refractivity contribution in [2.75, 3.05) is 20.2 Å². The molecule has 1 aliphatic heterocycles. The van der Waals surface area contributed by atoms with E-state index in [4.69, 9.17) is 10.5 Å². The van der Waals surface area contributed by atoms with E-state index in [9.17, 15) is 9.18 Å². The lowest BCUT2D eigenvalue weighted by Gasteiger charge is -2.36. The molecular formula is C16H23FN2O2. The predicted octanol–water partition coefficient (Wildman–Crippen LogP) is 2.24. The molecule has 0 aliphatic carbocycles. The number of nitrogens with zero attached hydrogens (tertiary/aromatic N) is 1. The average Bonchev–Trinajstić information content (AvgIpc) is 2.53. The second-order valence-corrected chi connectivity index (χ2v) is 5.45. The van der Waals surface area contributed by atoms with E-state index in [0.717, 1.165) is 31.4 Å². The number of hydrogen-bond acceptors (Lipinski definition) is 3. The number of rotatable bonds is 5. The molecule has 0 spiro atoms. The minimum Gasteiger partial charge on any atom is -0.380 e. The SMILES string of the molecule is COC(CN)CC(=O)N1CCCCC1c1ccc(F)cc1. The second kappa shape index (κ2) is 7.52. The van der Waals surface area contributed by atoms with Crippen molar-refractivity contribution in [3.8, 4) is 0 Å². The maximum atomic E-state index is 13.1. The predicted molar refractivity (Wildman–Crippen MR) is 79.2 cm³/mol. The second-order valence-electron chi connectivity index (χ2n) is 5.45. The number of likely N-dealkylation sites (tertiary alicyclic amines) is 1. The topological polar surface area (TPSA) is 55.6 Å². The van der Waals surface area contributed by atoms with Gasteiger partial charge in [0.2, 0.25) is 5.91 Å². The zero-order valence-corrected chi connectivity index (χ0v) is 12.4. The summed E-state index contributed by atoms with van der Waals surface area (Å²) in [5, 5.41) is 0. The lowest BCUT2D eigenvalue weighted by atomic mass is 9.94. The largest absolute Gasteiger partial charge is 0.380 e. The molecule has 2 unspecified atom stereocenters. The van der Waals surface area contributed by atoms with Gasteiger partial charge in [-0.3, -0.25) is 4.79 Å². The molecule has 2 rings (SSSR count). The first-order valence-corrected chi connectivity index (χ1v) is 7.43. The van der Waals surface area contributed by atoms with Gasteiger partial charge in [-0.2, -0.15) is 0 Å². The first kappa shape index (κ1) is 15.9. The number of methoxy groups -OCH3 is 1. The summed E-state index contributed by atoms with van der Waals surface area (Å²) >= 11 is 0. The number of halogens is 1. The van der Waals surface area contributed by atoms with Gasteiger partial charge in [-0.05, 0) is 37.0 Å². The van der Waals surface area contributed by atoms with Crippen molar-refractivity contribution in [2.45, 2.75) is 37.8 Å². The average molecular weight is 294 g/mol. The van der Waals surface area contributed by atoms with Gasteiger partial charge >= 0.3 is 0 Å². The molecule has 1 saturated heterocycles. The molecule has 1 heterocycles. The van der Waals surface area contributed by atoms with Crippen molar-refractivity contribution in [3.63, 3.8) is 0 Å². The first-order valence-electron chi connectivity index (χ1n) is 7.43. The van der Waals surface area contributed by atoms with E-state index < -0.39 is 0 Å². The minimum absolute atomic E-state index is 0.0298. The van der Waals surface area contributed by atoms with Crippen LogP contribution in [0.3, 0.4) is 0 Å². The molecule has 116 valence electrons. The fourth-order valence-electron chi connectivity index (χ4n) is 2.84. The highest BCUT2D eigenvalue weighted by molar-refractivity contribution is 5.77. The summed E-state index contributed by atoms with van der Waals surface area (Å²) in [7, 11) is 1.57. The highest BCUT2D eigenvalue weighted by Gasteiger charge is 2.29. The van der Waals surface area contributed by atoms with E-state index >= 15 is 0 Å². The molecule has 1 aliphatic rings. The normalized spacial score (nSPS) is 20.3. The van der Waals surface area contributed by atoms with Crippen LogP contribution < -0.4 is 5.73 Å². The number of piperidine rings is 1. The van der Waals surface area contributed by atoms with E-state index in [1.807, 2.05) is 4.90 Å². The molecule has 1 aromatic rings. The fraction of sp³-hybridized carbons (Fsp3) is 0.562. The van der Waals surface area contributed by atoms with E-state index in [2.05, 4.69) is 0 Å². The number of benzene rings is 1. The number of amides is 1. The van der Waals surface area contributed by atoms with E-state index in [0.29, 0.717) is 13.0 Å². The maximum Gasteiger partial charge on any atom is 0.225 e. The monoisotopic (exact) mass is 294 g/mol. The smallest absolute Gasteiger partial charge is 0.225 e.